The van der Waals surface area contributed by atoms with E-state index in [1.165, 1.54) is 23.7 Å². The van der Waals surface area contributed by atoms with Gasteiger partial charge in [0.15, 0.2) is 5.13 Å². The molecule has 2 aromatic heterocycles. The smallest absolute Gasteiger partial charge is 0.259 e. The fourth-order valence-corrected chi connectivity index (χ4v) is 2.97. The van der Waals surface area contributed by atoms with Crippen molar-refractivity contribution in [3.63, 3.8) is 0 Å². The molecule has 0 bridgehead atoms. The number of benzene rings is 1. The van der Waals surface area contributed by atoms with E-state index in [9.17, 15) is 4.79 Å². The molecular formula is C14H10ClN3OS. The average molecular weight is 304 g/mol. The molecule has 1 amide bonds. The molecule has 6 heteroatoms. The van der Waals surface area contributed by atoms with Crippen LogP contribution in [0.1, 0.15) is 15.9 Å². The number of aryl methyl sites for hydroxylation is 1. The second-order valence-electron chi connectivity index (χ2n) is 4.30. The van der Waals surface area contributed by atoms with Crippen LogP contribution >= 0.6 is 22.9 Å². The third kappa shape index (κ3) is 2.50. The maximum Gasteiger partial charge on any atom is 0.259 e. The van der Waals surface area contributed by atoms with Crippen LogP contribution in [0.5, 0.6) is 0 Å². The van der Waals surface area contributed by atoms with Crippen LogP contribution in [-0.4, -0.2) is 15.9 Å². The minimum Gasteiger partial charge on any atom is -0.298 e. The molecule has 0 radical (unpaired) electrons. The molecule has 0 aliphatic heterocycles. The number of fused-ring (bicyclic) bond motifs is 1. The van der Waals surface area contributed by atoms with E-state index in [0.717, 1.165) is 15.8 Å². The summed E-state index contributed by atoms with van der Waals surface area (Å²) in [5, 5.41) is 3.64. The lowest BCUT2D eigenvalue weighted by atomic mass is 10.2. The van der Waals surface area contributed by atoms with Crippen molar-refractivity contribution in [2.24, 2.45) is 0 Å². The average Bonchev–Trinajstić information content (AvgIpc) is 2.80. The Balaban J connectivity index is 1.89. The second kappa shape index (κ2) is 5.19. The highest BCUT2D eigenvalue weighted by Crippen LogP contribution is 2.27. The summed E-state index contributed by atoms with van der Waals surface area (Å²) >= 11 is 7.38. The van der Waals surface area contributed by atoms with E-state index < -0.39 is 0 Å². The summed E-state index contributed by atoms with van der Waals surface area (Å²) in [6.07, 6.45) is 2.97. The van der Waals surface area contributed by atoms with Gasteiger partial charge in [0.2, 0.25) is 0 Å². The lowest BCUT2D eigenvalue weighted by molar-refractivity contribution is 0.102. The van der Waals surface area contributed by atoms with E-state index in [4.69, 9.17) is 11.6 Å². The van der Waals surface area contributed by atoms with Crippen LogP contribution in [0.3, 0.4) is 0 Å². The molecule has 1 N–H and O–H groups in total. The van der Waals surface area contributed by atoms with E-state index in [2.05, 4.69) is 15.3 Å². The summed E-state index contributed by atoms with van der Waals surface area (Å²) in [5.74, 6) is -0.284. The van der Waals surface area contributed by atoms with Crippen molar-refractivity contribution in [1.29, 1.82) is 0 Å². The molecule has 3 aromatic rings. The third-order valence-electron chi connectivity index (χ3n) is 2.78. The van der Waals surface area contributed by atoms with Crippen molar-refractivity contribution >= 4 is 44.2 Å². The first-order valence-electron chi connectivity index (χ1n) is 5.91. The van der Waals surface area contributed by atoms with Crippen molar-refractivity contribution in [2.75, 3.05) is 5.32 Å². The molecule has 20 heavy (non-hydrogen) atoms. The number of halogens is 1. The highest BCUT2D eigenvalue weighted by molar-refractivity contribution is 7.22. The van der Waals surface area contributed by atoms with Gasteiger partial charge in [-0.1, -0.05) is 29.0 Å². The van der Waals surface area contributed by atoms with Gasteiger partial charge in [-0.05, 0) is 30.7 Å². The molecule has 0 atom stereocenters. The molecule has 1 aromatic carbocycles. The molecular weight excluding hydrogens is 294 g/mol. The van der Waals surface area contributed by atoms with Gasteiger partial charge in [-0.25, -0.2) is 4.98 Å². The number of hydrogen-bond donors (Lipinski definition) is 1. The molecule has 100 valence electrons. The van der Waals surface area contributed by atoms with Crippen molar-refractivity contribution in [3.8, 4) is 0 Å². The molecule has 0 unspecified atom stereocenters. The lowest BCUT2D eigenvalue weighted by Gasteiger charge is -2.02. The van der Waals surface area contributed by atoms with E-state index in [0.29, 0.717) is 15.7 Å². The molecule has 0 aliphatic rings. The van der Waals surface area contributed by atoms with Gasteiger partial charge >= 0.3 is 0 Å². The van der Waals surface area contributed by atoms with Gasteiger partial charge in [0.25, 0.3) is 5.91 Å². The van der Waals surface area contributed by atoms with Crippen molar-refractivity contribution in [3.05, 3.63) is 52.8 Å². The topological polar surface area (TPSA) is 54.9 Å². The molecule has 3 rings (SSSR count). The summed E-state index contributed by atoms with van der Waals surface area (Å²) in [7, 11) is 0. The fraction of sp³-hybridized carbons (Fsp3) is 0.0714. The number of rotatable bonds is 2. The standard InChI is InChI=1S/C14H10ClN3OS/c1-8-2-3-11-12(6-8)20-14(17-11)18-13(19)9-4-5-16-7-10(9)15/h2-7H,1H3,(H,17,18,19). The zero-order chi connectivity index (χ0) is 14.1. The summed E-state index contributed by atoms with van der Waals surface area (Å²) in [4.78, 5) is 20.4. The maximum atomic E-state index is 12.1. The van der Waals surface area contributed by atoms with Crippen LogP contribution in [0.25, 0.3) is 10.2 Å². The lowest BCUT2D eigenvalue weighted by Crippen LogP contribution is -2.12. The molecule has 0 aliphatic carbocycles. The highest BCUT2D eigenvalue weighted by Gasteiger charge is 2.12. The maximum absolute atomic E-state index is 12.1. The Morgan fingerprint density at radius 3 is 3.00 bits per heavy atom. The number of pyridine rings is 1. The first-order chi connectivity index (χ1) is 9.63. The largest absolute Gasteiger partial charge is 0.298 e. The van der Waals surface area contributed by atoms with Crippen LogP contribution in [0, 0.1) is 6.92 Å². The van der Waals surface area contributed by atoms with Gasteiger partial charge < -0.3 is 0 Å². The van der Waals surface area contributed by atoms with E-state index in [1.807, 2.05) is 25.1 Å². The molecule has 4 nitrogen and oxygen atoms in total. The van der Waals surface area contributed by atoms with Crippen LogP contribution in [0.15, 0.2) is 36.7 Å². The Hall–Kier alpha value is -1.98. The molecule has 0 fully saturated rings. The number of amides is 1. The van der Waals surface area contributed by atoms with Crippen molar-refractivity contribution in [1.82, 2.24) is 9.97 Å². The van der Waals surface area contributed by atoms with Crippen LogP contribution < -0.4 is 5.32 Å². The molecule has 0 spiro atoms. The van der Waals surface area contributed by atoms with Gasteiger partial charge in [0, 0.05) is 12.4 Å². The molecule has 0 saturated heterocycles. The number of hydrogen-bond acceptors (Lipinski definition) is 4. The van der Waals surface area contributed by atoms with Gasteiger partial charge in [-0.3, -0.25) is 15.1 Å². The normalized spacial score (nSPS) is 10.7. The summed E-state index contributed by atoms with van der Waals surface area (Å²) in [5.41, 5.74) is 2.42. The van der Waals surface area contributed by atoms with E-state index in [-0.39, 0.29) is 5.91 Å². The molecule has 2 heterocycles. The number of anilines is 1. The Bertz CT molecular complexity index is 800. The van der Waals surface area contributed by atoms with Crippen LogP contribution in [0.2, 0.25) is 5.02 Å². The number of aromatic nitrogens is 2. The monoisotopic (exact) mass is 303 g/mol. The molecule has 0 saturated carbocycles. The first kappa shape index (κ1) is 13.0. The fourth-order valence-electron chi connectivity index (χ4n) is 1.81. The number of carbonyl (C=O) groups excluding carboxylic acids is 1. The number of nitrogens with one attached hydrogen (secondary N) is 1. The highest BCUT2D eigenvalue weighted by atomic mass is 35.5. The third-order valence-corrected chi connectivity index (χ3v) is 4.02. The summed E-state index contributed by atoms with van der Waals surface area (Å²) in [6.45, 7) is 2.02. The van der Waals surface area contributed by atoms with Crippen molar-refractivity contribution < 1.29 is 4.79 Å². The van der Waals surface area contributed by atoms with Crippen LogP contribution in [-0.2, 0) is 0 Å². The predicted molar refractivity (Wildman–Crippen MR) is 81.6 cm³/mol. The number of thiazole rings is 1. The Morgan fingerprint density at radius 2 is 2.20 bits per heavy atom. The van der Waals surface area contributed by atoms with E-state index >= 15 is 0 Å². The predicted octanol–water partition coefficient (Wildman–Crippen LogP) is 3.91. The summed E-state index contributed by atoms with van der Waals surface area (Å²) in [6, 6.07) is 7.56. The zero-order valence-electron chi connectivity index (χ0n) is 10.6. The SMILES string of the molecule is Cc1ccc2nc(NC(=O)c3ccncc3Cl)sc2c1. The quantitative estimate of drug-likeness (QED) is 0.781. The van der Waals surface area contributed by atoms with Gasteiger partial charge in [-0.15, -0.1) is 0 Å². The Kier molecular flexibility index (Phi) is 3.38. The van der Waals surface area contributed by atoms with Gasteiger partial charge in [0.1, 0.15) is 0 Å². The van der Waals surface area contributed by atoms with Crippen molar-refractivity contribution in [2.45, 2.75) is 6.92 Å². The Morgan fingerprint density at radius 1 is 1.35 bits per heavy atom. The van der Waals surface area contributed by atoms with E-state index in [1.54, 1.807) is 6.07 Å². The Labute approximate surface area is 124 Å². The van der Waals surface area contributed by atoms with Gasteiger partial charge in [0.05, 0.1) is 20.8 Å². The summed E-state index contributed by atoms with van der Waals surface area (Å²) < 4.78 is 1.04. The zero-order valence-corrected chi connectivity index (χ0v) is 12.1. The first-order valence-corrected chi connectivity index (χ1v) is 7.11. The minimum absolute atomic E-state index is 0.284. The second-order valence-corrected chi connectivity index (χ2v) is 5.74. The number of nitrogens with zero attached hydrogens (tertiary/aromatic N) is 2. The number of carbonyl (C=O) groups is 1. The minimum atomic E-state index is -0.284. The van der Waals surface area contributed by atoms with Gasteiger partial charge in [-0.2, -0.15) is 0 Å². The van der Waals surface area contributed by atoms with Crippen LogP contribution in [0.4, 0.5) is 5.13 Å².